The normalized spacial score (nSPS) is 14.0. The first-order chi connectivity index (χ1) is 12.0. The molecule has 25 heavy (non-hydrogen) atoms. The van der Waals surface area contributed by atoms with Crippen LogP contribution in [0.25, 0.3) is 0 Å². The number of aliphatic hydroxyl groups is 1. The first-order valence-corrected chi connectivity index (χ1v) is 8.62. The summed E-state index contributed by atoms with van der Waals surface area (Å²) in [6, 6.07) is 5.64. The molecular formula is C19H25N3O3. The Hall–Kier alpha value is -2.34. The Kier molecular flexibility index (Phi) is 5.08. The van der Waals surface area contributed by atoms with Gasteiger partial charge in [0, 0.05) is 31.3 Å². The number of hydrogen-bond acceptors (Lipinski definition) is 4. The number of nitrogens with zero attached hydrogens (tertiary/aromatic N) is 3. The number of aromatic nitrogens is 2. The molecule has 0 fully saturated rings. The Morgan fingerprint density at radius 3 is 2.84 bits per heavy atom. The molecule has 1 aliphatic heterocycles. The van der Waals surface area contributed by atoms with Crippen LogP contribution < -0.4 is 4.74 Å². The molecule has 1 amide bonds. The lowest BCUT2D eigenvalue weighted by atomic mass is 10.1. The monoisotopic (exact) mass is 343 g/mol. The van der Waals surface area contributed by atoms with Crippen LogP contribution in [0, 0.1) is 13.8 Å². The summed E-state index contributed by atoms with van der Waals surface area (Å²) in [5.41, 5.74) is 5.04. The van der Waals surface area contributed by atoms with Crippen LogP contribution in [-0.2, 0) is 31.4 Å². The predicted octanol–water partition coefficient (Wildman–Crippen LogP) is 1.88. The Bertz CT molecular complexity index is 782. The third kappa shape index (κ3) is 3.69. The van der Waals surface area contributed by atoms with Crippen molar-refractivity contribution >= 4 is 5.91 Å². The van der Waals surface area contributed by atoms with E-state index < -0.39 is 0 Å². The quantitative estimate of drug-likeness (QED) is 0.920. The average Bonchev–Trinajstić information content (AvgIpc) is 2.78. The molecule has 6 nitrogen and oxygen atoms in total. The maximum atomic E-state index is 12.7. The number of hydrogen-bond donors (Lipinski definition) is 1. The van der Waals surface area contributed by atoms with Crippen LogP contribution in [0.3, 0.4) is 0 Å². The molecule has 1 N–H and O–H groups in total. The molecule has 134 valence electrons. The highest BCUT2D eigenvalue weighted by molar-refractivity contribution is 5.76. The lowest BCUT2D eigenvalue weighted by molar-refractivity contribution is -0.131. The van der Waals surface area contributed by atoms with Crippen molar-refractivity contribution in [2.75, 3.05) is 13.2 Å². The molecule has 0 atom stereocenters. The van der Waals surface area contributed by atoms with Gasteiger partial charge >= 0.3 is 0 Å². The number of ether oxygens (including phenoxy) is 1. The van der Waals surface area contributed by atoms with Crippen molar-refractivity contribution in [3.63, 3.8) is 0 Å². The minimum Gasteiger partial charge on any atom is -0.491 e. The topological polar surface area (TPSA) is 67.6 Å². The van der Waals surface area contributed by atoms with Gasteiger partial charge < -0.3 is 14.7 Å². The lowest BCUT2D eigenvalue weighted by Gasteiger charge is -2.20. The SMILES string of the molecule is Cc1nn(C)c(C)c1CCC(=O)N1CCOc2ccc(CO)cc2C1. The zero-order chi connectivity index (χ0) is 18.0. The minimum atomic E-state index is -0.0131. The van der Waals surface area contributed by atoms with Gasteiger partial charge in [0.05, 0.1) is 18.8 Å². The van der Waals surface area contributed by atoms with E-state index in [2.05, 4.69) is 5.10 Å². The second-order valence-electron chi connectivity index (χ2n) is 6.54. The van der Waals surface area contributed by atoms with Crippen LogP contribution >= 0.6 is 0 Å². The first kappa shape index (κ1) is 17.5. The molecular weight excluding hydrogens is 318 g/mol. The number of benzene rings is 1. The number of rotatable bonds is 4. The number of aliphatic hydroxyl groups excluding tert-OH is 1. The van der Waals surface area contributed by atoms with Gasteiger partial charge in [0.2, 0.25) is 5.91 Å². The highest BCUT2D eigenvalue weighted by Gasteiger charge is 2.21. The number of aryl methyl sites for hydroxylation is 2. The summed E-state index contributed by atoms with van der Waals surface area (Å²) in [5, 5.41) is 13.7. The summed E-state index contributed by atoms with van der Waals surface area (Å²) < 4.78 is 7.61. The van der Waals surface area contributed by atoms with E-state index in [1.165, 1.54) is 0 Å². The molecule has 0 saturated heterocycles. The van der Waals surface area contributed by atoms with E-state index in [1.807, 2.05) is 48.7 Å². The fourth-order valence-corrected chi connectivity index (χ4v) is 3.33. The summed E-state index contributed by atoms with van der Waals surface area (Å²) in [6.07, 6.45) is 1.16. The smallest absolute Gasteiger partial charge is 0.223 e. The molecule has 0 bridgehead atoms. The Morgan fingerprint density at radius 2 is 2.16 bits per heavy atom. The second kappa shape index (κ2) is 7.27. The van der Waals surface area contributed by atoms with Crippen LogP contribution in [0.15, 0.2) is 18.2 Å². The van der Waals surface area contributed by atoms with Gasteiger partial charge in [-0.3, -0.25) is 9.48 Å². The van der Waals surface area contributed by atoms with Crippen LogP contribution in [0.2, 0.25) is 0 Å². The molecule has 0 unspecified atom stereocenters. The number of carbonyl (C=O) groups is 1. The van der Waals surface area contributed by atoms with Crippen LogP contribution in [0.4, 0.5) is 0 Å². The number of amides is 1. The molecule has 0 radical (unpaired) electrons. The average molecular weight is 343 g/mol. The molecule has 2 aromatic rings. The zero-order valence-corrected chi connectivity index (χ0v) is 15.1. The largest absolute Gasteiger partial charge is 0.491 e. The third-order valence-electron chi connectivity index (χ3n) is 4.89. The van der Waals surface area contributed by atoms with Gasteiger partial charge in [0.15, 0.2) is 0 Å². The van der Waals surface area contributed by atoms with E-state index >= 15 is 0 Å². The van der Waals surface area contributed by atoms with Gasteiger partial charge in [-0.2, -0.15) is 5.10 Å². The van der Waals surface area contributed by atoms with Crippen LogP contribution in [0.5, 0.6) is 5.75 Å². The van der Waals surface area contributed by atoms with E-state index in [-0.39, 0.29) is 12.5 Å². The Morgan fingerprint density at radius 1 is 1.36 bits per heavy atom. The van der Waals surface area contributed by atoms with E-state index in [0.717, 1.165) is 33.8 Å². The summed E-state index contributed by atoms with van der Waals surface area (Å²) in [5.74, 6) is 0.917. The van der Waals surface area contributed by atoms with Crippen molar-refractivity contribution in [2.45, 2.75) is 39.8 Å². The first-order valence-electron chi connectivity index (χ1n) is 8.62. The van der Waals surface area contributed by atoms with Gasteiger partial charge in [0.1, 0.15) is 12.4 Å². The third-order valence-corrected chi connectivity index (χ3v) is 4.89. The van der Waals surface area contributed by atoms with Crippen molar-refractivity contribution in [1.82, 2.24) is 14.7 Å². The van der Waals surface area contributed by atoms with E-state index in [0.29, 0.717) is 32.5 Å². The summed E-state index contributed by atoms with van der Waals surface area (Å²) >= 11 is 0. The van der Waals surface area contributed by atoms with E-state index in [4.69, 9.17) is 4.74 Å². The molecule has 1 aromatic carbocycles. The second-order valence-corrected chi connectivity index (χ2v) is 6.54. The maximum Gasteiger partial charge on any atom is 0.223 e. The fraction of sp³-hybridized carbons (Fsp3) is 0.474. The van der Waals surface area contributed by atoms with Crippen molar-refractivity contribution in [3.05, 3.63) is 46.3 Å². The zero-order valence-electron chi connectivity index (χ0n) is 15.1. The maximum absolute atomic E-state index is 12.7. The van der Waals surface area contributed by atoms with Gasteiger partial charge in [-0.1, -0.05) is 6.07 Å². The molecule has 2 heterocycles. The molecule has 0 spiro atoms. The van der Waals surface area contributed by atoms with Gasteiger partial charge in [-0.15, -0.1) is 0 Å². The Balaban J connectivity index is 1.69. The predicted molar refractivity (Wildman–Crippen MR) is 94.3 cm³/mol. The highest BCUT2D eigenvalue weighted by Crippen LogP contribution is 2.25. The fourth-order valence-electron chi connectivity index (χ4n) is 3.33. The van der Waals surface area contributed by atoms with Crippen LogP contribution in [0.1, 0.15) is 34.5 Å². The van der Waals surface area contributed by atoms with E-state index in [1.54, 1.807) is 0 Å². The van der Waals surface area contributed by atoms with Crippen molar-refractivity contribution in [1.29, 1.82) is 0 Å². The number of fused-ring (bicyclic) bond motifs is 1. The highest BCUT2D eigenvalue weighted by atomic mass is 16.5. The van der Waals surface area contributed by atoms with Gasteiger partial charge in [-0.05, 0) is 43.5 Å². The molecule has 0 aliphatic carbocycles. The van der Waals surface area contributed by atoms with Crippen molar-refractivity contribution < 1.29 is 14.6 Å². The summed E-state index contributed by atoms with van der Waals surface area (Å²) in [6.45, 7) is 5.59. The number of carbonyl (C=O) groups excluding carboxylic acids is 1. The van der Waals surface area contributed by atoms with E-state index in [9.17, 15) is 9.90 Å². The molecule has 0 saturated carbocycles. The molecule has 3 rings (SSSR count). The summed E-state index contributed by atoms with van der Waals surface area (Å²) in [7, 11) is 1.93. The summed E-state index contributed by atoms with van der Waals surface area (Å²) in [4.78, 5) is 14.6. The molecule has 1 aliphatic rings. The van der Waals surface area contributed by atoms with Gasteiger partial charge in [0.25, 0.3) is 0 Å². The molecule has 1 aromatic heterocycles. The minimum absolute atomic E-state index is 0.0131. The van der Waals surface area contributed by atoms with Crippen molar-refractivity contribution in [3.8, 4) is 5.75 Å². The Labute approximate surface area is 148 Å². The van der Waals surface area contributed by atoms with Crippen molar-refractivity contribution in [2.24, 2.45) is 7.05 Å². The molecule has 6 heteroatoms. The van der Waals surface area contributed by atoms with Crippen LogP contribution in [-0.4, -0.2) is 38.8 Å². The standard InChI is InChI=1S/C19H25N3O3/c1-13-17(14(2)21(3)20-13)5-7-19(24)22-8-9-25-18-6-4-15(12-23)10-16(18)11-22/h4,6,10,23H,5,7-9,11-12H2,1-3H3. The lowest BCUT2D eigenvalue weighted by Crippen LogP contribution is -2.32. The van der Waals surface area contributed by atoms with Gasteiger partial charge in [-0.25, -0.2) is 0 Å².